The van der Waals surface area contributed by atoms with E-state index in [1.165, 1.54) is 0 Å². The molecule has 78 valence electrons. The Morgan fingerprint density at radius 1 is 1.36 bits per heavy atom. The van der Waals surface area contributed by atoms with Gasteiger partial charge in [-0.15, -0.1) is 0 Å². The first-order valence-corrected chi connectivity index (χ1v) is 5.15. The summed E-state index contributed by atoms with van der Waals surface area (Å²) in [5.74, 6) is 0.954. The predicted molar refractivity (Wildman–Crippen MR) is 58.4 cm³/mol. The molecule has 14 heavy (non-hydrogen) atoms. The second-order valence-corrected chi connectivity index (χ2v) is 3.25. The van der Waals surface area contributed by atoms with Crippen LogP contribution in [0.15, 0.2) is 24.4 Å². The average molecular weight is 194 g/mol. The molecule has 3 heteroatoms. The molecule has 0 saturated carbocycles. The lowest BCUT2D eigenvalue weighted by Crippen LogP contribution is -2.28. The Morgan fingerprint density at radius 3 is 2.79 bits per heavy atom. The Balaban J connectivity index is 2.58. The topological polar surface area (TPSA) is 36.4 Å². The lowest BCUT2D eigenvalue weighted by Gasteiger charge is -2.22. The molecule has 0 atom stereocenters. The fourth-order valence-electron chi connectivity index (χ4n) is 1.35. The third-order valence-electron chi connectivity index (χ3n) is 2.12. The summed E-state index contributed by atoms with van der Waals surface area (Å²) in [4.78, 5) is 6.38. The van der Waals surface area contributed by atoms with Crippen LogP contribution in [0.3, 0.4) is 0 Å². The summed E-state index contributed by atoms with van der Waals surface area (Å²) in [5, 5.41) is 8.93. The molecule has 3 nitrogen and oxygen atoms in total. The molecule has 0 saturated heterocycles. The van der Waals surface area contributed by atoms with Gasteiger partial charge >= 0.3 is 0 Å². The maximum absolute atomic E-state index is 8.93. The number of aliphatic hydroxyl groups excluding tert-OH is 1. The number of anilines is 1. The summed E-state index contributed by atoms with van der Waals surface area (Å²) in [6.07, 6.45) is 4.08. The van der Waals surface area contributed by atoms with Crippen molar-refractivity contribution in [1.29, 1.82) is 0 Å². The van der Waals surface area contributed by atoms with Crippen molar-refractivity contribution in [3.05, 3.63) is 24.4 Å². The van der Waals surface area contributed by atoms with Gasteiger partial charge in [0.2, 0.25) is 0 Å². The lowest BCUT2D eigenvalue weighted by atomic mass is 10.3. The van der Waals surface area contributed by atoms with Crippen LogP contribution in [0.1, 0.15) is 19.8 Å². The van der Waals surface area contributed by atoms with E-state index in [4.69, 9.17) is 5.11 Å². The van der Waals surface area contributed by atoms with Crippen LogP contribution in [-0.4, -0.2) is 29.8 Å². The first-order valence-electron chi connectivity index (χ1n) is 5.15. The molecule has 0 amide bonds. The van der Waals surface area contributed by atoms with E-state index in [1.54, 1.807) is 6.20 Å². The minimum absolute atomic E-state index is 0.181. The van der Waals surface area contributed by atoms with E-state index < -0.39 is 0 Å². The van der Waals surface area contributed by atoms with Crippen molar-refractivity contribution in [2.24, 2.45) is 0 Å². The number of unbranched alkanes of at least 4 members (excludes halogenated alkanes) is 1. The molecule has 1 heterocycles. The molecule has 0 radical (unpaired) electrons. The molecule has 0 aromatic carbocycles. The van der Waals surface area contributed by atoms with Gasteiger partial charge in [-0.2, -0.15) is 0 Å². The van der Waals surface area contributed by atoms with Crippen molar-refractivity contribution >= 4 is 5.82 Å². The molecular weight excluding hydrogens is 176 g/mol. The van der Waals surface area contributed by atoms with Crippen molar-refractivity contribution in [3.8, 4) is 0 Å². The van der Waals surface area contributed by atoms with E-state index in [0.29, 0.717) is 6.54 Å². The van der Waals surface area contributed by atoms with Gasteiger partial charge in [0.25, 0.3) is 0 Å². The van der Waals surface area contributed by atoms with Gasteiger partial charge in [0.15, 0.2) is 0 Å². The van der Waals surface area contributed by atoms with E-state index in [0.717, 1.165) is 25.2 Å². The SMILES string of the molecule is CCCCN(CCO)c1ccccn1. The zero-order valence-electron chi connectivity index (χ0n) is 8.69. The molecule has 1 rings (SSSR count). The molecule has 0 unspecified atom stereocenters. The minimum atomic E-state index is 0.181. The third kappa shape index (κ3) is 3.34. The number of hydrogen-bond donors (Lipinski definition) is 1. The molecular formula is C11H18N2O. The minimum Gasteiger partial charge on any atom is -0.395 e. The highest BCUT2D eigenvalue weighted by Gasteiger charge is 2.04. The number of aliphatic hydroxyl groups is 1. The van der Waals surface area contributed by atoms with Crippen molar-refractivity contribution in [2.45, 2.75) is 19.8 Å². The van der Waals surface area contributed by atoms with Crippen LogP contribution in [0.5, 0.6) is 0 Å². The third-order valence-corrected chi connectivity index (χ3v) is 2.12. The zero-order valence-corrected chi connectivity index (χ0v) is 8.69. The number of hydrogen-bond acceptors (Lipinski definition) is 3. The number of nitrogens with zero attached hydrogens (tertiary/aromatic N) is 2. The van der Waals surface area contributed by atoms with E-state index in [1.807, 2.05) is 18.2 Å². The van der Waals surface area contributed by atoms with Gasteiger partial charge in [0.05, 0.1) is 6.61 Å². The second-order valence-electron chi connectivity index (χ2n) is 3.25. The molecule has 1 N–H and O–H groups in total. The van der Waals surface area contributed by atoms with Gasteiger partial charge < -0.3 is 10.0 Å². The highest BCUT2D eigenvalue weighted by atomic mass is 16.3. The van der Waals surface area contributed by atoms with E-state index in [9.17, 15) is 0 Å². The van der Waals surface area contributed by atoms with Crippen LogP contribution in [0.2, 0.25) is 0 Å². The molecule has 0 aliphatic carbocycles. The summed E-state index contributed by atoms with van der Waals surface area (Å²) in [6, 6.07) is 5.85. The average Bonchev–Trinajstić information content (AvgIpc) is 2.25. The molecule has 1 aromatic rings. The van der Waals surface area contributed by atoms with Gasteiger partial charge in [0, 0.05) is 19.3 Å². The van der Waals surface area contributed by atoms with Crippen LogP contribution in [0.4, 0.5) is 5.82 Å². The van der Waals surface area contributed by atoms with E-state index in [-0.39, 0.29) is 6.61 Å². The summed E-state index contributed by atoms with van der Waals surface area (Å²) < 4.78 is 0. The Morgan fingerprint density at radius 2 is 2.21 bits per heavy atom. The number of pyridine rings is 1. The smallest absolute Gasteiger partial charge is 0.128 e. The van der Waals surface area contributed by atoms with Crippen LogP contribution < -0.4 is 4.90 Å². The fourth-order valence-corrected chi connectivity index (χ4v) is 1.35. The summed E-state index contributed by atoms with van der Waals surface area (Å²) in [6.45, 7) is 3.97. The van der Waals surface area contributed by atoms with Crippen molar-refractivity contribution in [2.75, 3.05) is 24.6 Å². The Labute approximate surface area is 85.4 Å². The molecule has 0 fully saturated rings. The standard InChI is InChI=1S/C11H18N2O/c1-2-3-8-13(9-10-14)11-6-4-5-7-12-11/h4-7,14H,2-3,8-10H2,1H3. The Bertz CT molecular complexity index is 238. The normalized spacial score (nSPS) is 10.1. The van der Waals surface area contributed by atoms with Gasteiger partial charge in [-0.05, 0) is 18.6 Å². The molecule has 0 bridgehead atoms. The van der Waals surface area contributed by atoms with Crippen LogP contribution in [0, 0.1) is 0 Å². The first-order chi connectivity index (χ1) is 6.88. The molecule has 0 aliphatic rings. The van der Waals surface area contributed by atoms with Crippen molar-refractivity contribution in [1.82, 2.24) is 4.98 Å². The van der Waals surface area contributed by atoms with Crippen LogP contribution in [-0.2, 0) is 0 Å². The summed E-state index contributed by atoms with van der Waals surface area (Å²) in [5.41, 5.74) is 0. The van der Waals surface area contributed by atoms with Crippen LogP contribution in [0.25, 0.3) is 0 Å². The van der Waals surface area contributed by atoms with E-state index in [2.05, 4.69) is 16.8 Å². The molecule has 1 aromatic heterocycles. The summed E-state index contributed by atoms with van der Waals surface area (Å²) in [7, 11) is 0. The number of rotatable bonds is 6. The maximum atomic E-state index is 8.93. The zero-order chi connectivity index (χ0) is 10.2. The monoisotopic (exact) mass is 194 g/mol. The molecule has 0 spiro atoms. The lowest BCUT2D eigenvalue weighted by molar-refractivity contribution is 0.301. The molecule has 0 aliphatic heterocycles. The largest absolute Gasteiger partial charge is 0.395 e. The first kappa shape index (κ1) is 11.0. The maximum Gasteiger partial charge on any atom is 0.128 e. The van der Waals surface area contributed by atoms with Crippen molar-refractivity contribution in [3.63, 3.8) is 0 Å². The van der Waals surface area contributed by atoms with Gasteiger partial charge in [0.1, 0.15) is 5.82 Å². The van der Waals surface area contributed by atoms with Gasteiger partial charge in [-0.25, -0.2) is 4.98 Å². The fraction of sp³-hybridized carbons (Fsp3) is 0.545. The highest BCUT2D eigenvalue weighted by Crippen LogP contribution is 2.09. The second kappa shape index (κ2) is 6.38. The van der Waals surface area contributed by atoms with Gasteiger partial charge in [-0.1, -0.05) is 19.4 Å². The quantitative estimate of drug-likeness (QED) is 0.748. The summed E-state index contributed by atoms with van der Waals surface area (Å²) >= 11 is 0. The number of aromatic nitrogens is 1. The van der Waals surface area contributed by atoms with E-state index >= 15 is 0 Å². The predicted octanol–water partition coefficient (Wildman–Crippen LogP) is 1.68. The Hall–Kier alpha value is -1.09. The Kier molecular flexibility index (Phi) is 5.00. The van der Waals surface area contributed by atoms with Crippen LogP contribution >= 0.6 is 0 Å². The van der Waals surface area contributed by atoms with Crippen molar-refractivity contribution < 1.29 is 5.11 Å². The highest BCUT2D eigenvalue weighted by molar-refractivity contribution is 5.37. The van der Waals surface area contributed by atoms with Gasteiger partial charge in [-0.3, -0.25) is 0 Å².